The van der Waals surface area contributed by atoms with Crippen molar-refractivity contribution >= 4 is 29.4 Å². The third kappa shape index (κ3) is 10.4. The first kappa shape index (κ1) is 38.9. The van der Waals surface area contributed by atoms with Gasteiger partial charge in [-0.05, 0) is 36.4 Å². The molecular weight excluding hydrogens is 693 g/mol. The van der Waals surface area contributed by atoms with Gasteiger partial charge in [0.1, 0.15) is 15.9 Å². The molecule has 232 valence electrons. The van der Waals surface area contributed by atoms with E-state index >= 15 is 0 Å². The number of hydrogen-bond acceptors (Lipinski definition) is 4. The van der Waals surface area contributed by atoms with Crippen molar-refractivity contribution < 1.29 is 19.5 Å². The fourth-order valence-electron chi connectivity index (χ4n) is 4.95. The summed E-state index contributed by atoms with van der Waals surface area (Å²) in [5, 5.41) is 39.4. The van der Waals surface area contributed by atoms with Crippen molar-refractivity contribution in [3.8, 4) is 24.3 Å². The molecule has 0 N–H and O–H groups in total. The van der Waals surface area contributed by atoms with Gasteiger partial charge < -0.3 is 0 Å². The fraction of sp³-hybridized carbons (Fsp3) is 0.119. The Hall–Kier alpha value is -5.28. The number of nitrogens with zero attached hydrogens (tertiary/aromatic N) is 4. The van der Waals surface area contributed by atoms with Gasteiger partial charge in [-0.15, -0.1) is 0 Å². The maximum atomic E-state index is 8.87. The van der Waals surface area contributed by atoms with Crippen LogP contribution in [0.25, 0.3) is 5.57 Å². The quantitative estimate of drug-likeness (QED) is 0.0598. The maximum Gasteiger partial charge on any atom is 6.00 e. The number of hydrogen-bond donors (Lipinski definition) is 0. The van der Waals surface area contributed by atoms with Gasteiger partial charge in [0.25, 0.3) is 0 Å². The van der Waals surface area contributed by atoms with E-state index in [1.165, 1.54) is 43.7 Å². The number of benzene rings is 4. The molecule has 48 heavy (non-hydrogen) atoms. The Bertz CT molecular complexity index is 1800. The predicted octanol–water partition coefficient (Wildman–Crippen LogP) is 8.39. The number of nitriles is 4. The van der Waals surface area contributed by atoms with Crippen molar-refractivity contribution in [2.45, 2.75) is 34.6 Å². The van der Waals surface area contributed by atoms with Gasteiger partial charge in [0.2, 0.25) is 0 Å². The molecule has 0 aliphatic carbocycles. The molecule has 6 heteroatoms. The normalized spacial score (nSPS) is 9.29. The Kier molecular flexibility index (Phi) is 16.3. The number of allylic oxidation sites excluding steroid dienone is 4. The van der Waals surface area contributed by atoms with Gasteiger partial charge in [-0.25, -0.2) is 21.0 Å². The molecule has 0 saturated heterocycles. The molecule has 0 aromatic heterocycles. The molecule has 0 bridgehead atoms. The smallest absolute Gasteiger partial charge is 0.247 e. The molecular formula is C42H36N4PRu+5. The molecule has 0 aliphatic heterocycles. The molecule has 0 fully saturated rings. The summed E-state index contributed by atoms with van der Waals surface area (Å²) in [6.45, 7) is 11.0. The molecule has 0 unspecified atom stereocenters. The second-order valence-corrected chi connectivity index (χ2v) is 13.1. The third-order valence-electron chi connectivity index (χ3n) is 8.01. The van der Waals surface area contributed by atoms with E-state index in [1.54, 1.807) is 54.6 Å². The second kappa shape index (κ2) is 20.1. The maximum absolute atomic E-state index is 8.87. The van der Waals surface area contributed by atoms with E-state index in [4.69, 9.17) is 21.0 Å². The van der Waals surface area contributed by atoms with Gasteiger partial charge in [0.05, 0.1) is 25.6 Å². The molecule has 5 aromatic carbocycles. The Morgan fingerprint density at radius 1 is 0.542 bits per heavy atom. The average molecular weight is 729 g/mol. The van der Waals surface area contributed by atoms with Crippen LogP contribution in [0.3, 0.4) is 0 Å². The van der Waals surface area contributed by atoms with E-state index in [-0.39, 0.29) is 36.2 Å². The molecule has 5 rings (SSSR count). The van der Waals surface area contributed by atoms with E-state index in [1.807, 2.05) is 0 Å². The zero-order valence-corrected chi connectivity index (χ0v) is 30.4. The Morgan fingerprint density at radius 3 is 1.15 bits per heavy atom. The summed E-state index contributed by atoms with van der Waals surface area (Å²) in [4.78, 5) is 0. The van der Waals surface area contributed by atoms with Gasteiger partial charge in [-0.1, -0.05) is 137 Å². The Morgan fingerprint density at radius 2 is 0.875 bits per heavy atom. The van der Waals surface area contributed by atoms with Crippen LogP contribution in [-0.2, 0) is 19.5 Å². The minimum atomic E-state index is -0.877. The van der Waals surface area contributed by atoms with Crippen molar-refractivity contribution in [1.82, 2.24) is 0 Å². The van der Waals surface area contributed by atoms with Crippen molar-refractivity contribution in [3.05, 3.63) is 172 Å². The SMILES string of the molecule is Cc1c(C)c(C)[c-](C)c1C.N#CC(C#N)=[C-]C(=C(C#N)C#N)c1ccccc1.[Ru+6].c1ccc([PH+](c2ccccc2)c2ccccc2)cc1. The molecule has 5 aromatic rings. The topological polar surface area (TPSA) is 95.2 Å². The van der Waals surface area contributed by atoms with Crippen LogP contribution in [0.15, 0.2) is 132 Å². The average Bonchev–Trinajstić information content (AvgIpc) is 3.30. The summed E-state index contributed by atoms with van der Waals surface area (Å²) in [6, 6.07) is 47.8. The molecule has 0 spiro atoms. The summed E-state index contributed by atoms with van der Waals surface area (Å²) in [5.41, 5.74) is 7.57. The van der Waals surface area contributed by atoms with E-state index < -0.39 is 7.92 Å². The van der Waals surface area contributed by atoms with Gasteiger partial charge in [0, 0.05) is 17.7 Å². The third-order valence-corrected chi connectivity index (χ3v) is 10.7. The van der Waals surface area contributed by atoms with E-state index in [0.717, 1.165) is 0 Å². The van der Waals surface area contributed by atoms with Crippen molar-refractivity contribution in [2.75, 3.05) is 0 Å². The van der Waals surface area contributed by atoms with Gasteiger partial charge >= 0.3 is 19.5 Å². The summed E-state index contributed by atoms with van der Waals surface area (Å²) in [6.07, 6.45) is 2.50. The van der Waals surface area contributed by atoms with E-state index in [0.29, 0.717) is 5.56 Å². The summed E-state index contributed by atoms with van der Waals surface area (Å²) < 4.78 is 0. The first-order valence-electron chi connectivity index (χ1n) is 15.0. The van der Waals surface area contributed by atoms with Gasteiger partial charge in [0.15, 0.2) is 0 Å². The van der Waals surface area contributed by atoms with Gasteiger partial charge in [-0.2, -0.15) is 27.8 Å². The molecule has 0 aliphatic rings. The van der Waals surface area contributed by atoms with Crippen LogP contribution in [0.4, 0.5) is 0 Å². The standard InChI is InChI=1S/C18H15P.C14H5N4.C10H15.Ru/c1-4-10-16(11-5-1)19(17-12-6-2-7-13-17)18-14-8-3-9-15-18;15-7-11(8-16)6-14(13(9-17)10-18)12-4-2-1-3-5-12;1-6-7(2)9(4)10(5)8(6)3;/h1-15H;1-5H;1-5H3;/q;2*-1;+6/p+1. The van der Waals surface area contributed by atoms with Crippen LogP contribution in [0, 0.1) is 86.0 Å². The summed E-state index contributed by atoms with van der Waals surface area (Å²) >= 11 is 0. The first-order valence-corrected chi connectivity index (χ1v) is 16.5. The minimum absolute atomic E-state index is 0. The largest absolute Gasteiger partial charge is 6.00 e. The van der Waals surface area contributed by atoms with Crippen molar-refractivity contribution in [3.63, 3.8) is 0 Å². The van der Waals surface area contributed by atoms with E-state index in [2.05, 4.69) is 132 Å². The Balaban J connectivity index is 0.000000259. The van der Waals surface area contributed by atoms with Crippen molar-refractivity contribution in [1.29, 1.82) is 21.0 Å². The van der Waals surface area contributed by atoms with E-state index in [9.17, 15) is 0 Å². The number of rotatable bonds is 5. The molecule has 0 atom stereocenters. The van der Waals surface area contributed by atoms with Crippen LogP contribution in [0.2, 0.25) is 0 Å². The zero-order chi connectivity index (χ0) is 34.2. The fourth-order valence-corrected chi connectivity index (χ4v) is 7.52. The molecule has 4 nitrogen and oxygen atoms in total. The van der Waals surface area contributed by atoms with Crippen LogP contribution in [-0.4, -0.2) is 0 Å². The molecule has 0 heterocycles. The van der Waals surface area contributed by atoms with Crippen molar-refractivity contribution in [2.24, 2.45) is 0 Å². The first-order chi connectivity index (χ1) is 22.8. The van der Waals surface area contributed by atoms with Gasteiger partial charge in [-0.3, -0.25) is 0 Å². The summed E-state index contributed by atoms with van der Waals surface area (Å²) in [5.74, 6) is 0. The molecule has 0 amide bonds. The molecule has 0 saturated carbocycles. The van der Waals surface area contributed by atoms with Crippen LogP contribution < -0.4 is 15.9 Å². The predicted molar refractivity (Wildman–Crippen MR) is 195 cm³/mol. The Labute approximate surface area is 299 Å². The molecule has 0 radical (unpaired) electrons. The van der Waals surface area contributed by atoms with Crippen LogP contribution >= 0.6 is 7.92 Å². The zero-order valence-electron chi connectivity index (χ0n) is 27.7. The summed E-state index contributed by atoms with van der Waals surface area (Å²) in [7, 11) is -0.877. The van der Waals surface area contributed by atoms with Crippen LogP contribution in [0.1, 0.15) is 33.4 Å². The monoisotopic (exact) mass is 729 g/mol. The second-order valence-electron chi connectivity index (χ2n) is 10.7. The minimum Gasteiger partial charge on any atom is -0.247 e. The van der Waals surface area contributed by atoms with Crippen LogP contribution in [0.5, 0.6) is 0 Å².